The maximum atomic E-state index is 12.6. The molecule has 3 atom stereocenters. The second kappa shape index (κ2) is 41.1. The van der Waals surface area contributed by atoms with Gasteiger partial charge in [-0.05, 0) is 70.6 Å². The fraction of sp³-hybridized carbons (Fsp3) is 0.795. The molecule has 0 fully saturated rings. The number of aliphatic hydroxyl groups is 2. The van der Waals surface area contributed by atoms with Crippen LogP contribution >= 0.6 is 7.82 Å². The van der Waals surface area contributed by atoms with Gasteiger partial charge < -0.3 is 24.6 Å². The predicted octanol–water partition coefficient (Wildman–Crippen LogP) is 11.8. The second-order valence-corrected chi connectivity index (χ2v) is 15.8. The van der Waals surface area contributed by atoms with E-state index in [1.807, 2.05) is 0 Å². The van der Waals surface area contributed by atoms with Crippen LogP contribution in [0, 0.1) is 0 Å². The standard InChI is InChI=1S/C44H81O9P/c1-3-5-7-9-11-13-15-17-19-21-22-24-26-28-30-32-34-36-44(47)53-43(41-52-54(48,49)51-39-42(46)38-45)40-50-37-35-33-31-29-27-25-23-20-18-16-14-12-10-8-6-4-2/h5,7,11,13,17-20,42-43,45-46H,3-4,6,8-10,12,14-16,21-41H2,1-2H3,(H,48,49)/b7-5-,13-11-,19-17-,20-18-. The summed E-state index contributed by atoms with van der Waals surface area (Å²) in [4.78, 5) is 22.6. The minimum absolute atomic E-state index is 0.0403. The van der Waals surface area contributed by atoms with Gasteiger partial charge in [-0.2, -0.15) is 0 Å². The van der Waals surface area contributed by atoms with E-state index in [0.29, 0.717) is 13.0 Å². The summed E-state index contributed by atoms with van der Waals surface area (Å²) < 4.78 is 33.4. The Morgan fingerprint density at radius 2 is 1.06 bits per heavy atom. The Morgan fingerprint density at radius 3 is 1.61 bits per heavy atom. The summed E-state index contributed by atoms with van der Waals surface area (Å²) in [6, 6.07) is 0. The summed E-state index contributed by atoms with van der Waals surface area (Å²) in [5.74, 6) is -0.395. The van der Waals surface area contributed by atoms with Gasteiger partial charge in [0.15, 0.2) is 0 Å². The van der Waals surface area contributed by atoms with Gasteiger partial charge in [-0.15, -0.1) is 0 Å². The second-order valence-electron chi connectivity index (χ2n) is 14.3. The van der Waals surface area contributed by atoms with E-state index >= 15 is 0 Å². The molecule has 10 heteroatoms. The van der Waals surface area contributed by atoms with E-state index in [1.54, 1.807) is 0 Å². The van der Waals surface area contributed by atoms with Gasteiger partial charge in [0, 0.05) is 13.0 Å². The van der Waals surface area contributed by atoms with Crippen molar-refractivity contribution in [2.45, 2.75) is 193 Å². The molecule has 0 aliphatic rings. The van der Waals surface area contributed by atoms with Crippen LogP contribution in [-0.2, 0) is 27.9 Å². The number of hydrogen-bond donors (Lipinski definition) is 3. The number of phosphoric acid groups is 1. The molecule has 0 aliphatic carbocycles. The Hall–Kier alpha value is -1.58. The number of esters is 1. The SMILES string of the molecule is CC/C=C\C/C=C\C/C=C\CCCCCCCCCC(=O)OC(COCCCCCCCC/C=C\CCCCCCCC)COP(=O)(O)OCC(O)CO. The molecule has 9 nitrogen and oxygen atoms in total. The summed E-state index contributed by atoms with van der Waals surface area (Å²) >= 11 is 0. The number of rotatable bonds is 41. The van der Waals surface area contributed by atoms with Crippen LogP contribution in [0.1, 0.15) is 181 Å². The first-order valence-electron chi connectivity index (χ1n) is 21.6. The summed E-state index contributed by atoms with van der Waals surface area (Å²) in [6.45, 7) is 3.38. The highest BCUT2D eigenvalue weighted by Gasteiger charge is 2.26. The molecule has 0 aliphatic heterocycles. The number of aliphatic hydroxyl groups excluding tert-OH is 2. The van der Waals surface area contributed by atoms with E-state index in [0.717, 1.165) is 70.6 Å². The summed E-state index contributed by atoms with van der Waals surface area (Å²) in [6.07, 6.45) is 44.9. The molecule has 0 heterocycles. The number of allylic oxidation sites excluding steroid dienone is 8. The highest BCUT2D eigenvalue weighted by molar-refractivity contribution is 7.47. The fourth-order valence-corrected chi connectivity index (χ4v) is 6.51. The molecule has 0 saturated carbocycles. The van der Waals surface area contributed by atoms with Crippen LogP contribution in [-0.4, -0.2) is 66.3 Å². The van der Waals surface area contributed by atoms with Crippen LogP contribution in [0.4, 0.5) is 0 Å². The molecule has 0 aromatic rings. The van der Waals surface area contributed by atoms with Gasteiger partial charge in [-0.1, -0.05) is 152 Å². The highest BCUT2D eigenvalue weighted by atomic mass is 31.2. The van der Waals surface area contributed by atoms with Gasteiger partial charge in [0.2, 0.25) is 0 Å². The van der Waals surface area contributed by atoms with Crippen molar-refractivity contribution < 1.29 is 43.0 Å². The average Bonchev–Trinajstić information content (AvgIpc) is 3.16. The predicted molar refractivity (Wildman–Crippen MR) is 223 cm³/mol. The van der Waals surface area contributed by atoms with Gasteiger partial charge in [-0.3, -0.25) is 13.8 Å². The number of ether oxygens (including phenoxy) is 2. The van der Waals surface area contributed by atoms with Gasteiger partial charge in [0.1, 0.15) is 12.2 Å². The zero-order chi connectivity index (χ0) is 39.6. The maximum absolute atomic E-state index is 12.6. The van der Waals surface area contributed by atoms with Crippen LogP contribution in [0.5, 0.6) is 0 Å². The van der Waals surface area contributed by atoms with E-state index in [1.165, 1.54) is 83.5 Å². The molecule has 0 spiro atoms. The smallest absolute Gasteiger partial charge is 0.457 e. The minimum atomic E-state index is -4.52. The lowest BCUT2D eigenvalue weighted by molar-refractivity contribution is -0.154. The first-order valence-corrected chi connectivity index (χ1v) is 23.1. The van der Waals surface area contributed by atoms with Crippen LogP contribution < -0.4 is 0 Å². The van der Waals surface area contributed by atoms with Crippen molar-refractivity contribution in [2.75, 3.05) is 33.0 Å². The van der Waals surface area contributed by atoms with Crippen molar-refractivity contribution in [1.82, 2.24) is 0 Å². The average molecular weight is 785 g/mol. The normalized spacial score (nSPS) is 14.5. The minimum Gasteiger partial charge on any atom is -0.457 e. The molecule has 0 radical (unpaired) electrons. The number of hydrogen-bond acceptors (Lipinski definition) is 8. The fourth-order valence-electron chi connectivity index (χ4n) is 5.72. The molecule has 316 valence electrons. The van der Waals surface area contributed by atoms with Crippen molar-refractivity contribution in [3.8, 4) is 0 Å². The van der Waals surface area contributed by atoms with Gasteiger partial charge in [0.05, 0.1) is 26.4 Å². The quantitative estimate of drug-likeness (QED) is 0.0240. The Bertz CT molecular complexity index is 981. The van der Waals surface area contributed by atoms with Crippen LogP contribution in [0.15, 0.2) is 48.6 Å². The van der Waals surface area contributed by atoms with Crippen molar-refractivity contribution in [1.29, 1.82) is 0 Å². The lowest BCUT2D eigenvalue weighted by atomic mass is 10.1. The van der Waals surface area contributed by atoms with Crippen LogP contribution in [0.25, 0.3) is 0 Å². The highest BCUT2D eigenvalue weighted by Crippen LogP contribution is 2.43. The Balaban J connectivity index is 4.20. The zero-order valence-corrected chi connectivity index (χ0v) is 35.3. The summed E-state index contributed by atoms with van der Waals surface area (Å²) in [5, 5.41) is 18.3. The molecule has 0 amide bonds. The van der Waals surface area contributed by atoms with Gasteiger partial charge in [0.25, 0.3) is 0 Å². The van der Waals surface area contributed by atoms with Crippen LogP contribution in [0.3, 0.4) is 0 Å². The molecule has 54 heavy (non-hydrogen) atoms. The third kappa shape index (κ3) is 40.1. The van der Waals surface area contributed by atoms with Crippen molar-refractivity contribution in [2.24, 2.45) is 0 Å². The van der Waals surface area contributed by atoms with Crippen molar-refractivity contribution in [3.05, 3.63) is 48.6 Å². The van der Waals surface area contributed by atoms with Crippen molar-refractivity contribution >= 4 is 13.8 Å². The third-order valence-corrected chi connectivity index (χ3v) is 9.95. The van der Waals surface area contributed by atoms with Gasteiger partial charge >= 0.3 is 13.8 Å². The first kappa shape index (κ1) is 52.4. The topological polar surface area (TPSA) is 132 Å². The molecule has 0 aromatic heterocycles. The molecule has 0 saturated heterocycles. The number of unbranched alkanes of at least 4 members (excludes halogenated alkanes) is 19. The van der Waals surface area contributed by atoms with E-state index in [-0.39, 0.29) is 19.6 Å². The largest absolute Gasteiger partial charge is 0.472 e. The monoisotopic (exact) mass is 785 g/mol. The third-order valence-electron chi connectivity index (χ3n) is 9.00. The Morgan fingerprint density at radius 1 is 0.593 bits per heavy atom. The lowest BCUT2D eigenvalue weighted by Gasteiger charge is -2.20. The summed E-state index contributed by atoms with van der Waals surface area (Å²) in [7, 11) is -4.52. The molecular formula is C44H81O9P. The molecule has 0 rings (SSSR count). The molecule has 0 aromatic carbocycles. The number of carbonyl (C=O) groups is 1. The molecular weight excluding hydrogens is 703 g/mol. The summed E-state index contributed by atoms with van der Waals surface area (Å²) in [5.41, 5.74) is 0. The van der Waals surface area contributed by atoms with Crippen LogP contribution in [0.2, 0.25) is 0 Å². The first-order chi connectivity index (χ1) is 26.3. The van der Waals surface area contributed by atoms with E-state index in [4.69, 9.17) is 23.6 Å². The number of phosphoric ester groups is 1. The molecule has 3 N–H and O–H groups in total. The zero-order valence-electron chi connectivity index (χ0n) is 34.4. The van der Waals surface area contributed by atoms with E-state index in [9.17, 15) is 19.4 Å². The van der Waals surface area contributed by atoms with E-state index in [2.05, 4.69) is 62.5 Å². The van der Waals surface area contributed by atoms with E-state index < -0.39 is 39.2 Å². The Labute approximate surface area is 330 Å². The lowest BCUT2D eigenvalue weighted by Crippen LogP contribution is -2.29. The van der Waals surface area contributed by atoms with Gasteiger partial charge in [-0.25, -0.2) is 4.57 Å². The Kier molecular flexibility index (Phi) is 39.9. The molecule has 0 bridgehead atoms. The maximum Gasteiger partial charge on any atom is 0.472 e. The van der Waals surface area contributed by atoms with Crippen molar-refractivity contribution in [3.63, 3.8) is 0 Å². The molecule has 3 unspecified atom stereocenters. The number of carbonyl (C=O) groups excluding carboxylic acids is 1.